The van der Waals surface area contributed by atoms with Crippen LogP contribution in [0.3, 0.4) is 0 Å². The zero-order valence-electron chi connectivity index (χ0n) is 15.2. The third-order valence-corrected chi connectivity index (χ3v) is 5.39. The van der Waals surface area contributed by atoms with Crippen LogP contribution in [-0.4, -0.2) is 47.0 Å². The van der Waals surface area contributed by atoms with Crippen molar-refractivity contribution in [3.63, 3.8) is 0 Å². The number of amides is 1. The summed E-state index contributed by atoms with van der Waals surface area (Å²) in [5, 5.41) is 5.70. The molecule has 0 unspecified atom stereocenters. The number of aromatic nitrogens is 2. The molecule has 0 spiro atoms. The highest BCUT2D eigenvalue weighted by Gasteiger charge is 2.22. The minimum absolute atomic E-state index is 0.0827. The van der Waals surface area contributed by atoms with Gasteiger partial charge in [0.05, 0.1) is 12.1 Å². The van der Waals surface area contributed by atoms with Gasteiger partial charge in [0, 0.05) is 43.4 Å². The Morgan fingerprint density at radius 3 is 2.61 bits per heavy atom. The van der Waals surface area contributed by atoms with Crippen LogP contribution >= 0.6 is 11.3 Å². The Balaban J connectivity index is 1.30. The summed E-state index contributed by atoms with van der Waals surface area (Å²) in [5.74, 6) is 0.754. The van der Waals surface area contributed by atoms with E-state index < -0.39 is 0 Å². The molecule has 144 valence electrons. The van der Waals surface area contributed by atoms with Crippen LogP contribution in [0.5, 0.6) is 0 Å². The van der Waals surface area contributed by atoms with Crippen LogP contribution < -0.4 is 10.2 Å². The summed E-state index contributed by atoms with van der Waals surface area (Å²) in [7, 11) is 0. The summed E-state index contributed by atoms with van der Waals surface area (Å²) in [5.41, 5.74) is 1.51. The fourth-order valence-electron chi connectivity index (χ4n) is 3.09. The highest BCUT2D eigenvalue weighted by molar-refractivity contribution is 7.13. The van der Waals surface area contributed by atoms with Crippen molar-refractivity contribution in [1.29, 1.82) is 0 Å². The van der Waals surface area contributed by atoms with Crippen LogP contribution in [-0.2, 0) is 11.2 Å². The molecule has 0 atom stereocenters. The number of rotatable bonds is 5. The number of piperazine rings is 1. The van der Waals surface area contributed by atoms with E-state index in [1.165, 1.54) is 23.5 Å². The average Bonchev–Trinajstić information content (AvgIpc) is 3.17. The lowest BCUT2D eigenvalue weighted by atomic mass is 10.2. The minimum Gasteiger partial charge on any atom is -0.353 e. The van der Waals surface area contributed by atoms with Crippen LogP contribution in [0, 0.1) is 5.82 Å². The van der Waals surface area contributed by atoms with Gasteiger partial charge in [-0.1, -0.05) is 6.07 Å². The molecule has 28 heavy (non-hydrogen) atoms. The summed E-state index contributed by atoms with van der Waals surface area (Å²) in [4.78, 5) is 25.5. The van der Waals surface area contributed by atoms with E-state index in [0.29, 0.717) is 18.2 Å². The Bertz CT molecular complexity index is 923. The summed E-state index contributed by atoms with van der Waals surface area (Å²) in [6.45, 7) is 2.91. The molecule has 8 heteroatoms. The van der Waals surface area contributed by atoms with E-state index in [-0.39, 0.29) is 18.1 Å². The lowest BCUT2D eigenvalue weighted by molar-refractivity contribution is -0.130. The van der Waals surface area contributed by atoms with Crippen LogP contribution in [0.25, 0.3) is 0 Å². The molecule has 1 aliphatic heterocycles. The number of hydrogen-bond donors (Lipinski definition) is 1. The number of carbonyl (C=O) groups is 1. The first-order chi connectivity index (χ1) is 13.7. The molecule has 1 saturated heterocycles. The maximum atomic E-state index is 13.0. The quantitative estimate of drug-likeness (QED) is 0.716. The van der Waals surface area contributed by atoms with E-state index in [0.717, 1.165) is 30.3 Å². The van der Waals surface area contributed by atoms with Gasteiger partial charge in [0.15, 0.2) is 5.13 Å². The smallest absolute Gasteiger partial charge is 0.228 e. The Hall–Kier alpha value is -3.00. The van der Waals surface area contributed by atoms with Crippen molar-refractivity contribution in [3.8, 4) is 0 Å². The van der Waals surface area contributed by atoms with Crippen molar-refractivity contribution < 1.29 is 9.18 Å². The fraction of sp³-hybridized carbons (Fsp3) is 0.250. The van der Waals surface area contributed by atoms with Gasteiger partial charge in [-0.2, -0.15) is 0 Å². The second-order valence-corrected chi connectivity index (χ2v) is 7.37. The second kappa shape index (κ2) is 8.35. The maximum absolute atomic E-state index is 13.0. The van der Waals surface area contributed by atoms with Crippen molar-refractivity contribution in [2.24, 2.45) is 0 Å². The molecule has 3 heterocycles. The van der Waals surface area contributed by atoms with Crippen molar-refractivity contribution in [2.75, 3.05) is 36.4 Å². The summed E-state index contributed by atoms with van der Waals surface area (Å²) >= 11 is 1.43. The summed E-state index contributed by atoms with van der Waals surface area (Å²) < 4.78 is 13.0. The van der Waals surface area contributed by atoms with Gasteiger partial charge < -0.3 is 15.1 Å². The Kier molecular flexibility index (Phi) is 5.48. The van der Waals surface area contributed by atoms with Gasteiger partial charge in [0.2, 0.25) is 5.91 Å². The van der Waals surface area contributed by atoms with Crippen LogP contribution in [0.4, 0.5) is 21.0 Å². The molecule has 0 bridgehead atoms. The number of pyridine rings is 1. The number of anilines is 3. The zero-order valence-corrected chi connectivity index (χ0v) is 16.0. The largest absolute Gasteiger partial charge is 0.353 e. The van der Waals surface area contributed by atoms with Crippen LogP contribution in [0.15, 0.2) is 54.0 Å². The van der Waals surface area contributed by atoms with Crippen molar-refractivity contribution >= 4 is 33.9 Å². The Morgan fingerprint density at radius 2 is 1.89 bits per heavy atom. The molecule has 4 rings (SSSR count). The lowest BCUT2D eigenvalue weighted by Crippen LogP contribution is -2.49. The third kappa shape index (κ3) is 4.45. The fourth-order valence-corrected chi connectivity index (χ4v) is 3.83. The van der Waals surface area contributed by atoms with Crippen LogP contribution in [0.1, 0.15) is 5.69 Å². The Labute approximate surface area is 166 Å². The average molecular weight is 397 g/mol. The zero-order chi connectivity index (χ0) is 19.3. The topological polar surface area (TPSA) is 61.4 Å². The van der Waals surface area contributed by atoms with Gasteiger partial charge in [0.1, 0.15) is 11.6 Å². The van der Waals surface area contributed by atoms with Crippen molar-refractivity contribution in [2.45, 2.75) is 6.42 Å². The van der Waals surface area contributed by atoms with Gasteiger partial charge in [-0.25, -0.2) is 14.4 Å². The minimum atomic E-state index is -0.279. The molecule has 1 N–H and O–H groups in total. The molecule has 0 radical (unpaired) electrons. The molecular formula is C20H20FN5OS. The van der Waals surface area contributed by atoms with Crippen molar-refractivity contribution in [3.05, 3.63) is 65.6 Å². The first-order valence-corrected chi connectivity index (χ1v) is 9.96. The molecule has 2 aromatic heterocycles. The highest BCUT2D eigenvalue weighted by Crippen LogP contribution is 2.22. The highest BCUT2D eigenvalue weighted by atomic mass is 32.1. The number of benzene rings is 1. The molecule has 6 nitrogen and oxygen atoms in total. The van der Waals surface area contributed by atoms with E-state index in [1.54, 1.807) is 18.3 Å². The molecule has 0 saturated carbocycles. The monoisotopic (exact) mass is 397 g/mol. The lowest BCUT2D eigenvalue weighted by Gasteiger charge is -2.35. The molecule has 1 aliphatic rings. The molecule has 0 aliphatic carbocycles. The summed E-state index contributed by atoms with van der Waals surface area (Å²) in [6, 6.07) is 12.0. The number of thiazole rings is 1. The molecule has 3 aromatic rings. The molecular weight excluding hydrogens is 377 g/mol. The van der Waals surface area contributed by atoms with E-state index >= 15 is 0 Å². The first kappa shape index (κ1) is 18.4. The Morgan fingerprint density at radius 1 is 1.11 bits per heavy atom. The normalized spacial score (nSPS) is 14.2. The van der Waals surface area contributed by atoms with Gasteiger partial charge in [-0.05, 0) is 36.4 Å². The van der Waals surface area contributed by atoms with Gasteiger partial charge in [0.25, 0.3) is 0 Å². The van der Waals surface area contributed by atoms with Crippen molar-refractivity contribution in [1.82, 2.24) is 14.9 Å². The van der Waals surface area contributed by atoms with Gasteiger partial charge >= 0.3 is 0 Å². The van der Waals surface area contributed by atoms with E-state index in [1.807, 2.05) is 28.5 Å². The predicted molar refractivity (Wildman–Crippen MR) is 109 cm³/mol. The maximum Gasteiger partial charge on any atom is 0.228 e. The van der Waals surface area contributed by atoms with E-state index in [4.69, 9.17) is 0 Å². The molecule has 1 fully saturated rings. The number of nitrogens with one attached hydrogen (secondary N) is 1. The van der Waals surface area contributed by atoms with Gasteiger partial charge in [-0.15, -0.1) is 11.3 Å². The third-order valence-electron chi connectivity index (χ3n) is 4.59. The number of halogens is 1. The molecule has 1 aromatic carbocycles. The number of hydrogen-bond acceptors (Lipinski definition) is 6. The first-order valence-electron chi connectivity index (χ1n) is 9.08. The van der Waals surface area contributed by atoms with E-state index in [2.05, 4.69) is 20.2 Å². The van der Waals surface area contributed by atoms with Gasteiger partial charge in [-0.3, -0.25) is 4.79 Å². The predicted octanol–water partition coefficient (Wildman–Crippen LogP) is 3.31. The second-order valence-electron chi connectivity index (χ2n) is 6.51. The summed E-state index contributed by atoms with van der Waals surface area (Å²) in [6.07, 6.45) is 2.07. The van der Waals surface area contributed by atoms with E-state index in [9.17, 15) is 9.18 Å². The number of carbonyl (C=O) groups excluding carboxylic acids is 1. The SMILES string of the molecule is O=C(Cc1csc(Nc2ccc(F)cc2)n1)N1CCN(c2ccccn2)CC1. The molecule has 1 amide bonds. The van der Waals surface area contributed by atoms with Crippen LogP contribution in [0.2, 0.25) is 0 Å². The number of nitrogens with zero attached hydrogens (tertiary/aromatic N) is 4. The standard InChI is InChI=1S/C20H20FN5OS/c21-15-4-6-16(7-5-15)23-20-24-17(14-28-20)13-19(27)26-11-9-25(10-12-26)18-3-1-2-8-22-18/h1-8,14H,9-13H2,(H,23,24).